The fourth-order valence-electron chi connectivity index (χ4n) is 2.49. The lowest BCUT2D eigenvalue weighted by atomic mass is 10.1. The van der Waals surface area contributed by atoms with Gasteiger partial charge in [-0.1, -0.05) is 23.2 Å². The van der Waals surface area contributed by atoms with Crippen molar-refractivity contribution >= 4 is 46.2 Å². The van der Waals surface area contributed by atoms with Crippen molar-refractivity contribution in [2.24, 2.45) is 0 Å². The minimum Gasteiger partial charge on any atom is -0.476 e. The first-order valence-electron chi connectivity index (χ1n) is 6.43. The third-order valence-electron chi connectivity index (χ3n) is 3.58. The van der Waals surface area contributed by atoms with Crippen LogP contribution in [0.25, 0.3) is 0 Å². The van der Waals surface area contributed by atoms with E-state index in [0.29, 0.717) is 10.0 Å². The molecule has 1 aliphatic heterocycles. The van der Waals surface area contributed by atoms with Gasteiger partial charge in [0.05, 0.1) is 15.7 Å². The maximum atomic E-state index is 10.9. The molecule has 1 N–H and O–H groups in total. The number of hydrogen-bond donors (Lipinski definition) is 1. The summed E-state index contributed by atoms with van der Waals surface area (Å²) in [7, 11) is 0. The molecule has 0 aliphatic carbocycles. The van der Waals surface area contributed by atoms with Gasteiger partial charge in [0.1, 0.15) is 0 Å². The molecule has 0 radical (unpaired) electrons. The minimum atomic E-state index is -0.967. The third-order valence-corrected chi connectivity index (χ3v) is 5.17. The van der Waals surface area contributed by atoms with Crippen LogP contribution in [0.3, 0.4) is 0 Å². The van der Waals surface area contributed by atoms with Gasteiger partial charge in [0, 0.05) is 30.1 Å². The van der Waals surface area contributed by atoms with E-state index >= 15 is 0 Å². The Morgan fingerprint density at radius 2 is 2.19 bits per heavy atom. The van der Waals surface area contributed by atoms with Gasteiger partial charge in [0.2, 0.25) is 5.01 Å². The molecule has 110 valence electrons. The minimum absolute atomic E-state index is 0.151. The Morgan fingerprint density at radius 3 is 2.86 bits per heavy atom. The summed E-state index contributed by atoms with van der Waals surface area (Å²) in [5.41, 5.74) is 1.89. The summed E-state index contributed by atoms with van der Waals surface area (Å²) < 4.78 is 0. The molecule has 1 unspecified atom stereocenters. The van der Waals surface area contributed by atoms with Gasteiger partial charge in [-0.25, -0.2) is 9.78 Å². The lowest BCUT2D eigenvalue weighted by Gasteiger charge is -2.18. The van der Waals surface area contributed by atoms with E-state index in [4.69, 9.17) is 28.3 Å². The van der Waals surface area contributed by atoms with Crippen molar-refractivity contribution in [3.05, 3.63) is 44.3 Å². The van der Waals surface area contributed by atoms with Crippen LogP contribution in [0, 0.1) is 0 Å². The molecule has 0 bridgehead atoms. The molecule has 1 aromatic heterocycles. The number of nitrogens with zero attached hydrogens (tertiary/aromatic N) is 2. The first-order valence-corrected chi connectivity index (χ1v) is 8.07. The smallest absolute Gasteiger partial charge is 0.365 e. The molecule has 2 heterocycles. The number of carboxylic acids is 1. The van der Waals surface area contributed by atoms with Gasteiger partial charge >= 0.3 is 5.97 Å². The molecule has 4 nitrogen and oxygen atoms in total. The van der Waals surface area contributed by atoms with E-state index in [1.807, 2.05) is 17.5 Å². The molecule has 7 heteroatoms. The SMILES string of the molecule is O=C(O)c1nc(C2CCN(c3ccc(Cl)c(Cl)c3)C2)cs1. The van der Waals surface area contributed by atoms with Gasteiger partial charge in [-0.3, -0.25) is 0 Å². The second-order valence-electron chi connectivity index (χ2n) is 4.91. The number of thiazole rings is 1. The van der Waals surface area contributed by atoms with Gasteiger partial charge in [-0.15, -0.1) is 11.3 Å². The largest absolute Gasteiger partial charge is 0.476 e. The van der Waals surface area contributed by atoms with Crippen molar-refractivity contribution in [2.75, 3.05) is 18.0 Å². The van der Waals surface area contributed by atoms with Crippen LogP contribution in [0.5, 0.6) is 0 Å². The second-order valence-corrected chi connectivity index (χ2v) is 6.59. The molecule has 21 heavy (non-hydrogen) atoms. The number of carboxylic acid groups (broad SMARTS) is 1. The van der Waals surface area contributed by atoms with Crippen molar-refractivity contribution in [3.63, 3.8) is 0 Å². The monoisotopic (exact) mass is 342 g/mol. The Kier molecular flexibility index (Phi) is 4.06. The molecule has 3 rings (SSSR count). The summed E-state index contributed by atoms with van der Waals surface area (Å²) in [6, 6.07) is 5.59. The van der Waals surface area contributed by atoms with E-state index < -0.39 is 5.97 Å². The van der Waals surface area contributed by atoms with E-state index in [1.165, 1.54) is 11.3 Å². The maximum Gasteiger partial charge on any atom is 0.365 e. The first kappa shape index (κ1) is 14.6. The molecule has 1 fully saturated rings. The van der Waals surface area contributed by atoms with Crippen LogP contribution in [-0.2, 0) is 0 Å². The summed E-state index contributed by atoms with van der Waals surface area (Å²) in [5.74, 6) is -0.714. The predicted octanol–water partition coefficient (Wildman–Crippen LogP) is 4.14. The molecule has 2 aromatic rings. The highest BCUT2D eigenvalue weighted by Gasteiger charge is 2.27. The Bertz CT molecular complexity index is 689. The van der Waals surface area contributed by atoms with Crippen molar-refractivity contribution < 1.29 is 9.90 Å². The van der Waals surface area contributed by atoms with Gasteiger partial charge in [-0.2, -0.15) is 0 Å². The highest BCUT2D eigenvalue weighted by atomic mass is 35.5. The zero-order valence-electron chi connectivity index (χ0n) is 10.9. The molecule has 0 amide bonds. The number of rotatable bonds is 3. The van der Waals surface area contributed by atoms with Crippen LogP contribution in [0.2, 0.25) is 10.0 Å². The fourth-order valence-corrected chi connectivity index (χ4v) is 3.52. The molecular weight excluding hydrogens is 331 g/mol. The molecule has 0 spiro atoms. The van der Waals surface area contributed by atoms with Gasteiger partial charge < -0.3 is 10.0 Å². The lowest BCUT2D eigenvalue weighted by Crippen LogP contribution is -2.19. The van der Waals surface area contributed by atoms with Crippen LogP contribution < -0.4 is 4.90 Å². The summed E-state index contributed by atoms with van der Waals surface area (Å²) >= 11 is 13.2. The van der Waals surface area contributed by atoms with E-state index in [2.05, 4.69) is 9.88 Å². The molecule has 1 atom stereocenters. The average molecular weight is 343 g/mol. The van der Waals surface area contributed by atoms with E-state index in [-0.39, 0.29) is 10.9 Å². The summed E-state index contributed by atoms with van der Waals surface area (Å²) in [6.45, 7) is 1.70. The average Bonchev–Trinajstić information content (AvgIpc) is 3.09. The van der Waals surface area contributed by atoms with Crippen molar-refractivity contribution in [3.8, 4) is 0 Å². The zero-order chi connectivity index (χ0) is 15.0. The Labute approximate surface area is 135 Å². The second kappa shape index (κ2) is 5.83. The standard InChI is InChI=1S/C14H12Cl2N2O2S/c15-10-2-1-9(5-11(10)16)18-4-3-8(6-18)12-7-21-13(17-12)14(19)20/h1-2,5,7-8H,3-4,6H2,(H,19,20). The van der Waals surface area contributed by atoms with Crippen LogP contribution >= 0.6 is 34.5 Å². The molecular formula is C14H12Cl2N2O2S. The van der Waals surface area contributed by atoms with E-state index in [1.54, 1.807) is 6.07 Å². The van der Waals surface area contributed by atoms with Crippen LogP contribution in [0.15, 0.2) is 23.6 Å². The topological polar surface area (TPSA) is 53.4 Å². The fraction of sp³-hybridized carbons (Fsp3) is 0.286. The van der Waals surface area contributed by atoms with Crippen molar-refractivity contribution in [1.29, 1.82) is 0 Å². The van der Waals surface area contributed by atoms with Gasteiger partial charge in [-0.05, 0) is 24.6 Å². The summed E-state index contributed by atoms with van der Waals surface area (Å²) in [5, 5.41) is 12.0. The summed E-state index contributed by atoms with van der Waals surface area (Å²) in [4.78, 5) is 17.3. The third kappa shape index (κ3) is 3.00. The quantitative estimate of drug-likeness (QED) is 0.910. The number of hydrogen-bond acceptors (Lipinski definition) is 4. The van der Waals surface area contributed by atoms with Crippen LogP contribution in [-0.4, -0.2) is 29.1 Å². The number of aromatic nitrogens is 1. The normalized spacial score (nSPS) is 18.2. The Morgan fingerprint density at radius 1 is 1.38 bits per heavy atom. The van der Waals surface area contributed by atoms with Crippen molar-refractivity contribution in [1.82, 2.24) is 4.98 Å². The Balaban J connectivity index is 1.75. The van der Waals surface area contributed by atoms with Gasteiger partial charge in [0.25, 0.3) is 0 Å². The molecule has 1 aromatic carbocycles. The van der Waals surface area contributed by atoms with E-state index in [0.717, 1.165) is 30.9 Å². The first-order chi connectivity index (χ1) is 10.0. The lowest BCUT2D eigenvalue weighted by molar-refractivity contribution is 0.0696. The molecule has 0 saturated carbocycles. The van der Waals surface area contributed by atoms with Crippen LogP contribution in [0.1, 0.15) is 27.8 Å². The highest BCUT2D eigenvalue weighted by Crippen LogP contribution is 2.34. The zero-order valence-corrected chi connectivity index (χ0v) is 13.3. The number of aromatic carboxylic acids is 1. The van der Waals surface area contributed by atoms with E-state index in [9.17, 15) is 4.79 Å². The predicted molar refractivity (Wildman–Crippen MR) is 85.1 cm³/mol. The summed E-state index contributed by atoms with van der Waals surface area (Å²) in [6.07, 6.45) is 0.947. The number of anilines is 1. The maximum absolute atomic E-state index is 10.9. The number of halogens is 2. The highest BCUT2D eigenvalue weighted by molar-refractivity contribution is 7.11. The van der Waals surface area contributed by atoms with Crippen molar-refractivity contribution in [2.45, 2.75) is 12.3 Å². The van der Waals surface area contributed by atoms with Gasteiger partial charge in [0.15, 0.2) is 0 Å². The molecule has 1 saturated heterocycles. The number of carbonyl (C=O) groups is 1. The Hall–Kier alpha value is -1.30. The van der Waals surface area contributed by atoms with Crippen LogP contribution in [0.4, 0.5) is 5.69 Å². The molecule has 1 aliphatic rings. The number of benzene rings is 1.